The van der Waals surface area contributed by atoms with Crippen LogP contribution in [0.3, 0.4) is 0 Å². The van der Waals surface area contributed by atoms with E-state index < -0.39 is 0 Å². The molecule has 5 heteroatoms. The standard InChI is InChI=1S/C18H17N5/c19-10-13-4-1-8-21-18(13)23-9-3-5-14(12-23)16-11-22-17-15(16)6-2-7-20-17/h1-2,4,6-8,11,14H,3,5,9,12H2,(H,20,22)/t14-/m1/s1. The van der Waals surface area contributed by atoms with Crippen LogP contribution >= 0.6 is 0 Å². The lowest BCUT2D eigenvalue weighted by atomic mass is 9.90. The number of anilines is 1. The van der Waals surface area contributed by atoms with Crippen molar-refractivity contribution in [3.63, 3.8) is 0 Å². The predicted octanol–water partition coefficient (Wildman–Crippen LogP) is 3.21. The monoisotopic (exact) mass is 303 g/mol. The molecule has 0 aromatic carbocycles. The second-order valence-electron chi connectivity index (χ2n) is 5.92. The minimum atomic E-state index is 0.426. The molecule has 0 saturated carbocycles. The summed E-state index contributed by atoms with van der Waals surface area (Å²) < 4.78 is 0. The number of piperidine rings is 1. The Morgan fingerprint density at radius 1 is 1.22 bits per heavy atom. The summed E-state index contributed by atoms with van der Waals surface area (Å²) in [6, 6.07) is 10.00. The summed E-state index contributed by atoms with van der Waals surface area (Å²) >= 11 is 0. The molecule has 0 amide bonds. The molecule has 3 aromatic heterocycles. The number of hydrogen-bond acceptors (Lipinski definition) is 4. The SMILES string of the molecule is N#Cc1cccnc1N1CCC[C@@H](c2c[nH]c3ncccc23)C1. The van der Waals surface area contributed by atoms with E-state index in [1.807, 2.05) is 24.4 Å². The van der Waals surface area contributed by atoms with Gasteiger partial charge in [-0.25, -0.2) is 9.97 Å². The molecule has 1 saturated heterocycles. The Balaban J connectivity index is 1.66. The number of nitrogens with zero attached hydrogens (tertiary/aromatic N) is 4. The Labute approximate surface area is 134 Å². The number of nitrogens with one attached hydrogen (secondary N) is 1. The van der Waals surface area contributed by atoms with Gasteiger partial charge in [0.15, 0.2) is 0 Å². The van der Waals surface area contributed by atoms with Crippen LogP contribution in [0.15, 0.2) is 42.9 Å². The Hall–Kier alpha value is -2.87. The molecule has 0 bridgehead atoms. The fraction of sp³-hybridized carbons (Fsp3) is 0.278. The van der Waals surface area contributed by atoms with Gasteiger partial charge in [0.25, 0.3) is 0 Å². The van der Waals surface area contributed by atoms with Crippen molar-refractivity contribution in [3.8, 4) is 6.07 Å². The van der Waals surface area contributed by atoms with Crippen LogP contribution in [0.25, 0.3) is 11.0 Å². The van der Waals surface area contributed by atoms with Gasteiger partial charge in [0.1, 0.15) is 17.5 Å². The number of nitriles is 1. The van der Waals surface area contributed by atoms with Crippen molar-refractivity contribution in [2.75, 3.05) is 18.0 Å². The molecule has 1 fully saturated rings. The van der Waals surface area contributed by atoms with Crippen molar-refractivity contribution >= 4 is 16.9 Å². The predicted molar refractivity (Wildman–Crippen MR) is 89.2 cm³/mol. The maximum Gasteiger partial charge on any atom is 0.146 e. The van der Waals surface area contributed by atoms with Gasteiger partial charge in [-0.15, -0.1) is 0 Å². The van der Waals surface area contributed by atoms with Gasteiger partial charge in [-0.1, -0.05) is 0 Å². The quantitative estimate of drug-likeness (QED) is 0.789. The molecule has 1 N–H and O–H groups in total. The van der Waals surface area contributed by atoms with E-state index in [0.29, 0.717) is 11.5 Å². The normalized spacial score (nSPS) is 18.0. The van der Waals surface area contributed by atoms with Gasteiger partial charge in [-0.05, 0) is 42.7 Å². The van der Waals surface area contributed by atoms with E-state index in [-0.39, 0.29) is 0 Å². The number of pyridine rings is 2. The minimum Gasteiger partial charge on any atom is -0.355 e. The van der Waals surface area contributed by atoms with E-state index in [0.717, 1.165) is 37.4 Å². The van der Waals surface area contributed by atoms with Crippen LogP contribution in [0.1, 0.15) is 29.9 Å². The van der Waals surface area contributed by atoms with Gasteiger partial charge in [-0.3, -0.25) is 0 Å². The molecular formula is C18H17N5. The highest BCUT2D eigenvalue weighted by atomic mass is 15.2. The molecule has 0 spiro atoms. The fourth-order valence-corrected chi connectivity index (χ4v) is 3.47. The molecule has 0 aliphatic carbocycles. The van der Waals surface area contributed by atoms with E-state index in [1.165, 1.54) is 10.9 Å². The Morgan fingerprint density at radius 2 is 2.09 bits per heavy atom. The largest absolute Gasteiger partial charge is 0.355 e. The number of H-pyrrole nitrogens is 1. The molecule has 1 aliphatic heterocycles. The zero-order chi connectivity index (χ0) is 15.6. The first kappa shape index (κ1) is 13.8. The zero-order valence-corrected chi connectivity index (χ0v) is 12.7. The summed E-state index contributed by atoms with van der Waals surface area (Å²) in [6.07, 6.45) is 7.89. The molecule has 4 heterocycles. The molecule has 4 rings (SSSR count). The average molecular weight is 303 g/mol. The lowest BCUT2D eigenvalue weighted by Crippen LogP contribution is -2.35. The highest BCUT2D eigenvalue weighted by molar-refractivity contribution is 5.80. The number of aromatic amines is 1. The van der Waals surface area contributed by atoms with Gasteiger partial charge in [0.2, 0.25) is 0 Å². The highest BCUT2D eigenvalue weighted by Gasteiger charge is 2.25. The molecule has 1 aliphatic rings. The topological polar surface area (TPSA) is 68.6 Å². The maximum atomic E-state index is 9.31. The van der Waals surface area contributed by atoms with Crippen molar-refractivity contribution in [2.45, 2.75) is 18.8 Å². The van der Waals surface area contributed by atoms with E-state index in [1.54, 1.807) is 6.20 Å². The first-order valence-electron chi connectivity index (χ1n) is 7.89. The van der Waals surface area contributed by atoms with E-state index in [9.17, 15) is 5.26 Å². The van der Waals surface area contributed by atoms with Crippen LogP contribution in [0.5, 0.6) is 0 Å². The van der Waals surface area contributed by atoms with Crippen molar-refractivity contribution in [3.05, 3.63) is 54.0 Å². The second kappa shape index (κ2) is 5.73. The molecule has 23 heavy (non-hydrogen) atoms. The lowest BCUT2D eigenvalue weighted by molar-refractivity contribution is 0.509. The first-order chi connectivity index (χ1) is 11.4. The third kappa shape index (κ3) is 2.42. The summed E-state index contributed by atoms with van der Waals surface area (Å²) in [5, 5.41) is 10.5. The van der Waals surface area contributed by atoms with Crippen LogP contribution in [-0.4, -0.2) is 28.0 Å². The van der Waals surface area contributed by atoms with Gasteiger partial charge >= 0.3 is 0 Å². The lowest BCUT2D eigenvalue weighted by Gasteiger charge is -2.34. The van der Waals surface area contributed by atoms with Gasteiger partial charge in [-0.2, -0.15) is 5.26 Å². The molecule has 5 nitrogen and oxygen atoms in total. The van der Waals surface area contributed by atoms with Crippen molar-refractivity contribution in [2.24, 2.45) is 0 Å². The summed E-state index contributed by atoms with van der Waals surface area (Å²) in [5.41, 5.74) is 2.90. The van der Waals surface area contributed by atoms with Crippen LogP contribution in [0, 0.1) is 11.3 Å². The van der Waals surface area contributed by atoms with Gasteiger partial charge in [0.05, 0.1) is 5.56 Å². The summed E-state index contributed by atoms with van der Waals surface area (Å²) in [6.45, 7) is 1.83. The van der Waals surface area contributed by atoms with Gasteiger partial charge < -0.3 is 9.88 Å². The smallest absolute Gasteiger partial charge is 0.146 e. The van der Waals surface area contributed by atoms with E-state index in [2.05, 4.69) is 38.2 Å². The molecule has 0 unspecified atom stereocenters. The summed E-state index contributed by atoms with van der Waals surface area (Å²) in [7, 11) is 0. The molecule has 3 aromatic rings. The number of aromatic nitrogens is 3. The maximum absolute atomic E-state index is 9.31. The molecular weight excluding hydrogens is 286 g/mol. The minimum absolute atomic E-state index is 0.426. The van der Waals surface area contributed by atoms with Crippen molar-refractivity contribution in [1.29, 1.82) is 5.26 Å². The molecule has 0 radical (unpaired) electrons. The van der Waals surface area contributed by atoms with E-state index >= 15 is 0 Å². The second-order valence-corrected chi connectivity index (χ2v) is 5.92. The third-order valence-electron chi connectivity index (χ3n) is 4.55. The number of rotatable bonds is 2. The Kier molecular flexibility index (Phi) is 3.43. The number of fused-ring (bicyclic) bond motifs is 1. The third-order valence-corrected chi connectivity index (χ3v) is 4.55. The van der Waals surface area contributed by atoms with Crippen LogP contribution in [-0.2, 0) is 0 Å². The zero-order valence-electron chi connectivity index (χ0n) is 12.7. The van der Waals surface area contributed by atoms with Crippen LogP contribution in [0.4, 0.5) is 5.82 Å². The fourth-order valence-electron chi connectivity index (χ4n) is 3.47. The highest BCUT2D eigenvalue weighted by Crippen LogP contribution is 2.33. The van der Waals surface area contributed by atoms with Crippen molar-refractivity contribution < 1.29 is 0 Å². The van der Waals surface area contributed by atoms with Crippen LogP contribution in [0.2, 0.25) is 0 Å². The molecule has 1 atom stereocenters. The first-order valence-corrected chi connectivity index (χ1v) is 7.89. The average Bonchev–Trinajstić information content (AvgIpc) is 3.06. The summed E-state index contributed by atoms with van der Waals surface area (Å²) in [5.74, 6) is 1.23. The molecule has 114 valence electrons. The Bertz CT molecular complexity index is 876. The number of hydrogen-bond donors (Lipinski definition) is 1. The van der Waals surface area contributed by atoms with Gasteiger partial charge in [0, 0.05) is 43.0 Å². The van der Waals surface area contributed by atoms with Crippen molar-refractivity contribution in [1.82, 2.24) is 15.0 Å². The summed E-state index contributed by atoms with van der Waals surface area (Å²) in [4.78, 5) is 14.3. The van der Waals surface area contributed by atoms with Crippen LogP contribution < -0.4 is 4.90 Å². The Morgan fingerprint density at radius 3 is 3.00 bits per heavy atom. The van der Waals surface area contributed by atoms with E-state index in [4.69, 9.17) is 0 Å².